The summed E-state index contributed by atoms with van der Waals surface area (Å²) in [4.78, 5) is 0. The zero-order valence-corrected chi connectivity index (χ0v) is 11.9. The molecule has 0 fully saturated rings. The number of nitrogens with zero attached hydrogens (tertiary/aromatic N) is 2. The van der Waals surface area contributed by atoms with Crippen molar-refractivity contribution >= 4 is 15.9 Å². The highest BCUT2D eigenvalue weighted by molar-refractivity contribution is 9.10. The molecule has 5 heteroatoms. The van der Waals surface area contributed by atoms with Gasteiger partial charge in [0.2, 0.25) is 0 Å². The maximum Gasteiger partial charge on any atom is 0.137 e. The van der Waals surface area contributed by atoms with Gasteiger partial charge in [0.25, 0.3) is 0 Å². The summed E-state index contributed by atoms with van der Waals surface area (Å²) >= 11 is 3.31. The van der Waals surface area contributed by atoms with Gasteiger partial charge in [0.05, 0.1) is 16.7 Å². The van der Waals surface area contributed by atoms with Crippen molar-refractivity contribution in [2.75, 3.05) is 6.54 Å². The predicted molar refractivity (Wildman–Crippen MR) is 72.8 cm³/mol. The standard InChI is InChI=1S/C13H15BrFN3/c1-3-16-13(9-7-17-18(2)8-9)10-5-4-6-11(15)12(10)14/h4-8,13,16H,3H2,1-2H3. The molecule has 1 unspecified atom stereocenters. The summed E-state index contributed by atoms with van der Waals surface area (Å²) in [5, 5.41) is 7.51. The Hall–Kier alpha value is -1.20. The molecule has 2 aromatic rings. The van der Waals surface area contributed by atoms with Crippen molar-refractivity contribution in [3.05, 3.63) is 52.0 Å². The fourth-order valence-corrected chi connectivity index (χ4v) is 2.44. The van der Waals surface area contributed by atoms with E-state index >= 15 is 0 Å². The highest BCUT2D eigenvalue weighted by Crippen LogP contribution is 2.30. The average Bonchev–Trinajstić information content (AvgIpc) is 2.77. The molecule has 0 amide bonds. The first kappa shape index (κ1) is 13.2. The Morgan fingerprint density at radius 1 is 1.50 bits per heavy atom. The van der Waals surface area contributed by atoms with Gasteiger partial charge in [-0.05, 0) is 34.1 Å². The molecule has 2 rings (SSSR count). The van der Waals surface area contributed by atoms with E-state index in [0.29, 0.717) is 4.47 Å². The van der Waals surface area contributed by atoms with Gasteiger partial charge >= 0.3 is 0 Å². The Kier molecular flexibility index (Phi) is 4.14. The highest BCUT2D eigenvalue weighted by atomic mass is 79.9. The van der Waals surface area contributed by atoms with Crippen molar-refractivity contribution < 1.29 is 4.39 Å². The lowest BCUT2D eigenvalue weighted by Crippen LogP contribution is -2.22. The molecule has 0 spiro atoms. The lowest BCUT2D eigenvalue weighted by Gasteiger charge is -2.18. The molecule has 1 N–H and O–H groups in total. The van der Waals surface area contributed by atoms with Crippen molar-refractivity contribution in [1.29, 1.82) is 0 Å². The molecular weight excluding hydrogens is 297 g/mol. The zero-order valence-electron chi connectivity index (χ0n) is 10.3. The molecule has 0 saturated heterocycles. The molecule has 96 valence electrons. The van der Waals surface area contributed by atoms with E-state index in [2.05, 4.69) is 26.3 Å². The summed E-state index contributed by atoms with van der Waals surface area (Å²) in [5.74, 6) is -0.251. The third kappa shape index (κ3) is 2.62. The number of rotatable bonds is 4. The second-order valence-corrected chi connectivity index (χ2v) is 4.87. The van der Waals surface area contributed by atoms with E-state index in [1.807, 2.05) is 26.2 Å². The minimum Gasteiger partial charge on any atom is -0.306 e. The number of aryl methyl sites for hydroxylation is 1. The fourth-order valence-electron chi connectivity index (χ4n) is 1.94. The predicted octanol–water partition coefficient (Wildman–Crippen LogP) is 3.02. The minimum absolute atomic E-state index is 0.0613. The van der Waals surface area contributed by atoms with Gasteiger partial charge in [-0.15, -0.1) is 0 Å². The van der Waals surface area contributed by atoms with Gasteiger partial charge in [0.1, 0.15) is 5.82 Å². The topological polar surface area (TPSA) is 29.9 Å². The monoisotopic (exact) mass is 311 g/mol. The summed E-state index contributed by atoms with van der Waals surface area (Å²) in [6.45, 7) is 2.82. The number of benzene rings is 1. The van der Waals surface area contributed by atoms with Crippen molar-refractivity contribution in [2.45, 2.75) is 13.0 Å². The summed E-state index contributed by atoms with van der Waals surface area (Å²) in [6, 6.07) is 5.01. The Morgan fingerprint density at radius 2 is 2.28 bits per heavy atom. The lowest BCUT2D eigenvalue weighted by atomic mass is 10.0. The first-order valence-corrected chi connectivity index (χ1v) is 6.58. The maximum absolute atomic E-state index is 13.6. The minimum atomic E-state index is -0.251. The molecule has 3 nitrogen and oxygen atoms in total. The van der Waals surface area contributed by atoms with Crippen LogP contribution in [0.5, 0.6) is 0 Å². The zero-order chi connectivity index (χ0) is 13.1. The van der Waals surface area contributed by atoms with Crippen LogP contribution in [-0.4, -0.2) is 16.3 Å². The first-order chi connectivity index (χ1) is 8.63. The molecule has 1 atom stereocenters. The first-order valence-electron chi connectivity index (χ1n) is 5.79. The van der Waals surface area contributed by atoms with Gasteiger partial charge in [0.15, 0.2) is 0 Å². The van der Waals surface area contributed by atoms with Crippen LogP contribution >= 0.6 is 15.9 Å². The Bertz CT molecular complexity index is 539. The number of hydrogen-bond donors (Lipinski definition) is 1. The Labute approximate surface area is 114 Å². The van der Waals surface area contributed by atoms with Crippen molar-refractivity contribution in [3.63, 3.8) is 0 Å². The molecule has 0 aliphatic carbocycles. The van der Waals surface area contributed by atoms with E-state index < -0.39 is 0 Å². The van der Waals surface area contributed by atoms with Crippen LogP contribution in [0.4, 0.5) is 4.39 Å². The van der Waals surface area contributed by atoms with Gasteiger partial charge in [-0.25, -0.2) is 4.39 Å². The fraction of sp³-hybridized carbons (Fsp3) is 0.308. The molecule has 1 heterocycles. The van der Waals surface area contributed by atoms with Crippen molar-refractivity contribution in [1.82, 2.24) is 15.1 Å². The van der Waals surface area contributed by atoms with Crippen LogP contribution in [-0.2, 0) is 7.05 Å². The molecule has 0 radical (unpaired) electrons. The van der Waals surface area contributed by atoms with Gasteiger partial charge in [-0.2, -0.15) is 5.10 Å². The van der Waals surface area contributed by atoms with E-state index in [1.165, 1.54) is 6.07 Å². The summed E-state index contributed by atoms with van der Waals surface area (Å²) in [7, 11) is 1.87. The van der Waals surface area contributed by atoms with Crippen LogP contribution < -0.4 is 5.32 Å². The molecule has 0 aliphatic rings. The van der Waals surface area contributed by atoms with E-state index in [-0.39, 0.29) is 11.9 Å². The molecule has 0 bridgehead atoms. The summed E-state index contributed by atoms with van der Waals surface area (Å²) in [6.07, 6.45) is 3.73. The second kappa shape index (κ2) is 5.63. The van der Waals surface area contributed by atoms with E-state index in [0.717, 1.165) is 17.7 Å². The van der Waals surface area contributed by atoms with Crippen LogP contribution in [0.1, 0.15) is 24.1 Å². The van der Waals surface area contributed by atoms with Crippen LogP contribution in [0.3, 0.4) is 0 Å². The van der Waals surface area contributed by atoms with Crippen molar-refractivity contribution in [3.8, 4) is 0 Å². The second-order valence-electron chi connectivity index (χ2n) is 4.08. The maximum atomic E-state index is 13.6. The number of nitrogens with one attached hydrogen (secondary N) is 1. The average molecular weight is 312 g/mol. The third-order valence-electron chi connectivity index (χ3n) is 2.76. The van der Waals surface area contributed by atoms with Crippen LogP contribution in [0.25, 0.3) is 0 Å². The normalized spacial score (nSPS) is 12.7. The van der Waals surface area contributed by atoms with E-state index in [1.54, 1.807) is 16.9 Å². The number of aromatic nitrogens is 2. The highest BCUT2D eigenvalue weighted by Gasteiger charge is 2.18. The number of hydrogen-bond acceptors (Lipinski definition) is 2. The quantitative estimate of drug-likeness (QED) is 0.940. The van der Waals surface area contributed by atoms with E-state index in [9.17, 15) is 4.39 Å². The molecular formula is C13H15BrFN3. The molecule has 1 aromatic heterocycles. The van der Waals surface area contributed by atoms with E-state index in [4.69, 9.17) is 0 Å². The largest absolute Gasteiger partial charge is 0.306 e. The van der Waals surface area contributed by atoms with Crippen LogP contribution in [0.15, 0.2) is 35.1 Å². The smallest absolute Gasteiger partial charge is 0.137 e. The van der Waals surface area contributed by atoms with Gasteiger partial charge in [-0.1, -0.05) is 19.1 Å². The molecule has 0 saturated carbocycles. The third-order valence-corrected chi connectivity index (χ3v) is 3.60. The van der Waals surface area contributed by atoms with Crippen LogP contribution in [0.2, 0.25) is 0 Å². The SMILES string of the molecule is CCNC(c1cnn(C)c1)c1cccc(F)c1Br. The molecule has 1 aromatic carbocycles. The van der Waals surface area contributed by atoms with Crippen molar-refractivity contribution in [2.24, 2.45) is 7.05 Å². The lowest BCUT2D eigenvalue weighted by molar-refractivity contribution is 0.595. The molecule has 18 heavy (non-hydrogen) atoms. The van der Waals surface area contributed by atoms with Gasteiger partial charge < -0.3 is 5.32 Å². The summed E-state index contributed by atoms with van der Waals surface area (Å²) < 4.78 is 15.8. The van der Waals surface area contributed by atoms with Crippen LogP contribution in [0, 0.1) is 5.82 Å². The van der Waals surface area contributed by atoms with Gasteiger partial charge in [0, 0.05) is 18.8 Å². The Balaban J connectivity index is 2.44. The van der Waals surface area contributed by atoms with Gasteiger partial charge in [-0.3, -0.25) is 4.68 Å². The Morgan fingerprint density at radius 3 is 2.89 bits per heavy atom. The number of halogens is 2. The summed E-state index contributed by atoms with van der Waals surface area (Å²) in [5.41, 5.74) is 1.90. The molecule has 0 aliphatic heterocycles.